The van der Waals surface area contributed by atoms with E-state index in [1.807, 2.05) is 0 Å². The molecular weight excluding hydrogens is 309 g/mol. The quantitative estimate of drug-likeness (QED) is 0.778. The van der Waals surface area contributed by atoms with Crippen LogP contribution >= 0.6 is 11.3 Å². The Morgan fingerprint density at radius 1 is 1.50 bits per heavy atom. The number of rotatable bonds is 5. The second-order valence-electron chi connectivity index (χ2n) is 4.43. The monoisotopic (exact) mass is 321 g/mol. The lowest BCUT2D eigenvalue weighted by atomic mass is 10.3. The van der Waals surface area contributed by atoms with Gasteiger partial charge in [0.1, 0.15) is 29.7 Å². The number of nitrogens with zero attached hydrogens (tertiary/aromatic N) is 4. The first kappa shape index (κ1) is 14.4. The highest BCUT2D eigenvalue weighted by molar-refractivity contribution is 7.22. The SMILES string of the molecule is COc1cc(F)cc2sc(NC(=O)CCn3cncn3)nc12. The summed E-state index contributed by atoms with van der Waals surface area (Å²) in [5, 5.41) is 7.02. The number of aryl methyl sites for hydroxylation is 1. The second kappa shape index (κ2) is 6.06. The minimum atomic E-state index is -0.406. The van der Waals surface area contributed by atoms with Crippen LogP contribution in [0.25, 0.3) is 10.2 Å². The molecule has 3 aromatic rings. The summed E-state index contributed by atoms with van der Waals surface area (Å²) in [5.74, 6) is -0.264. The molecule has 0 bridgehead atoms. The number of aromatic nitrogens is 4. The van der Waals surface area contributed by atoms with Gasteiger partial charge >= 0.3 is 0 Å². The van der Waals surface area contributed by atoms with Crippen molar-refractivity contribution >= 4 is 32.6 Å². The minimum absolute atomic E-state index is 0.200. The van der Waals surface area contributed by atoms with E-state index >= 15 is 0 Å². The number of halogens is 1. The molecule has 9 heteroatoms. The Kier molecular flexibility index (Phi) is 3.96. The van der Waals surface area contributed by atoms with Gasteiger partial charge in [-0.3, -0.25) is 9.48 Å². The summed E-state index contributed by atoms with van der Waals surface area (Å²) in [6.07, 6.45) is 3.19. The van der Waals surface area contributed by atoms with E-state index in [9.17, 15) is 9.18 Å². The first-order valence-electron chi connectivity index (χ1n) is 6.42. The molecule has 0 unspecified atom stereocenters. The van der Waals surface area contributed by atoms with Gasteiger partial charge in [0, 0.05) is 12.5 Å². The van der Waals surface area contributed by atoms with E-state index in [0.717, 1.165) is 0 Å². The van der Waals surface area contributed by atoms with Crippen LogP contribution in [0.3, 0.4) is 0 Å². The van der Waals surface area contributed by atoms with Crippen LogP contribution in [0.15, 0.2) is 24.8 Å². The molecule has 114 valence electrons. The summed E-state index contributed by atoms with van der Waals surface area (Å²) in [6.45, 7) is 0.425. The summed E-state index contributed by atoms with van der Waals surface area (Å²) in [6, 6.07) is 2.62. The number of fused-ring (bicyclic) bond motifs is 1. The van der Waals surface area contributed by atoms with Crippen molar-refractivity contribution in [1.29, 1.82) is 0 Å². The van der Waals surface area contributed by atoms with Crippen molar-refractivity contribution in [3.63, 3.8) is 0 Å². The Morgan fingerprint density at radius 2 is 2.36 bits per heavy atom. The van der Waals surface area contributed by atoms with Crippen molar-refractivity contribution in [3.05, 3.63) is 30.6 Å². The molecule has 0 spiro atoms. The van der Waals surface area contributed by atoms with Gasteiger partial charge in [-0.25, -0.2) is 14.4 Å². The number of amides is 1. The van der Waals surface area contributed by atoms with Crippen LogP contribution in [0.1, 0.15) is 6.42 Å². The predicted octanol–water partition coefficient (Wildman–Crippen LogP) is 2.06. The highest BCUT2D eigenvalue weighted by Gasteiger charge is 2.13. The normalized spacial score (nSPS) is 10.8. The number of methoxy groups -OCH3 is 1. The number of carbonyl (C=O) groups is 1. The molecule has 2 aromatic heterocycles. The number of nitrogens with one attached hydrogen (secondary N) is 1. The largest absolute Gasteiger partial charge is 0.494 e. The Labute approximate surface area is 128 Å². The van der Waals surface area contributed by atoms with Gasteiger partial charge in [0.15, 0.2) is 5.13 Å². The number of thiazole rings is 1. The summed E-state index contributed by atoms with van der Waals surface area (Å²) < 4.78 is 20.7. The van der Waals surface area contributed by atoms with Crippen LogP contribution in [0.4, 0.5) is 9.52 Å². The molecular formula is C13H12FN5O2S. The van der Waals surface area contributed by atoms with Gasteiger partial charge in [-0.1, -0.05) is 11.3 Å². The Balaban J connectivity index is 1.72. The molecule has 0 aliphatic carbocycles. The third-order valence-corrected chi connectivity index (χ3v) is 3.84. The summed E-state index contributed by atoms with van der Waals surface area (Å²) in [5.41, 5.74) is 0.528. The summed E-state index contributed by atoms with van der Waals surface area (Å²) in [7, 11) is 1.45. The molecule has 0 radical (unpaired) electrons. The molecule has 1 aromatic carbocycles. The number of benzene rings is 1. The van der Waals surface area contributed by atoms with Crippen LogP contribution in [0.5, 0.6) is 5.75 Å². The van der Waals surface area contributed by atoms with E-state index in [4.69, 9.17) is 4.74 Å². The van der Waals surface area contributed by atoms with Crippen LogP contribution in [-0.4, -0.2) is 32.8 Å². The third-order valence-electron chi connectivity index (χ3n) is 2.93. The van der Waals surface area contributed by atoms with Crippen LogP contribution in [-0.2, 0) is 11.3 Å². The first-order valence-corrected chi connectivity index (χ1v) is 7.23. The van der Waals surface area contributed by atoms with E-state index in [1.165, 1.54) is 36.9 Å². The molecule has 7 nitrogen and oxygen atoms in total. The van der Waals surface area contributed by atoms with Crippen molar-refractivity contribution in [3.8, 4) is 5.75 Å². The molecule has 0 fully saturated rings. The van der Waals surface area contributed by atoms with Crippen LogP contribution in [0, 0.1) is 5.82 Å². The number of hydrogen-bond acceptors (Lipinski definition) is 6. The maximum Gasteiger partial charge on any atom is 0.228 e. The van der Waals surface area contributed by atoms with E-state index < -0.39 is 5.82 Å². The highest BCUT2D eigenvalue weighted by Crippen LogP contribution is 2.33. The fraction of sp³-hybridized carbons (Fsp3) is 0.231. The second-order valence-corrected chi connectivity index (χ2v) is 5.46. The van der Waals surface area contributed by atoms with Gasteiger partial charge in [-0.05, 0) is 6.07 Å². The van der Waals surface area contributed by atoms with E-state index in [2.05, 4.69) is 20.4 Å². The van der Waals surface area contributed by atoms with Crippen LogP contribution < -0.4 is 10.1 Å². The lowest BCUT2D eigenvalue weighted by Crippen LogP contribution is -2.14. The lowest BCUT2D eigenvalue weighted by molar-refractivity contribution is -0.116. The zero-order chi connectivity index (χ0) is 15.5. The van der Waals surface area contributed by atoms with Crippen molar-refractivity contribution in [1.82, 2.24) is 19.7 Å². The zero-order valence-electron chi connectivity index (χ0n) is 11.6. The average molecular weight is 321 g/mol. The standard InChI is InChI=1S/C13H12FN5O2S/c1-21-9-4-8(14)5-10-12(9)18-13(22-10)17-11(20)2-3-19-7-15-6-16-19/h4-7H,2-3H2,1H3,(H,17,18,20). The molecule has 0 atom stereocenters. The van der Waals surface area contributed by atoms with Gasteiger partial charge in [-0.15, -0.1) is 0 Å². The molecule has 1 N–H and O–H groups in total. The minimum Gasteiger partial charge on any atom is -0.494 e. The Morgan fingerprint density at radius 3 is 3.09 bits per heavy atom. The van der Waals surface area contributed by atoms with E-state index in [0.29, 0.717) is 27.6 Å². The van der Waals surface area contributed by atoms with E-state index in [-0.39, 0.29) is 12.3 Å². The third kappa shape index (κ3) is 3.03. The van der Waals surface area contributed by atoms with Crippen molar-refractivity contribution < 1.29 is 13.9 Å². The van der Waals surface area contributed by atoms with Crippen LogP contribution in [0.2, 0.25) is 0 Å². The van der Waals surface area contributed by atoms with Gasteiger partial charge in [0.25, 0.3) is 0 Å². The fourth-order valence-corrected chi connectivity index (χ4v) is 2.85. The zero-order valence-corrected chi connectivity index (χ0v) is 12.4. The number of anilines is 1. The maximum absolute atomic E-state index is 13.4. The molecule has 0 saturated carbocycles. The molecule has 0 aliphatic heterocycles. The Bertz CT molecular complexity index is 802. The fourth-order valence-electron chi connectivity index (χ4n) is 1.92. The average Bonchev–Trinajstić information content (AvgIpc) is 3.13. The maximum atomic E-state index is 13.4. The molecule has 2 heterocycles. The molecule has 0 aliphatic rings. The smallest absolute Gasteiger partial charge is 0.228 e. The van der Waals surface area contributed by atoms with Gasteiger partial charge in [0.2, 0.25) is 5.91 Å². The summed E-state index contributed by atoms with van der Waals surface area (Å²) in [4.78, 5) is 20.0. The van der Waals surface area contributed by atoms with Crippen molar-refractivity contribution in [2.75, 3.05) is 12.4 Å². The highest BCUT2D eigenvalue weighted by atomic mass is 32.1. The van der Waals surface area contributed by atoms with Gasteiger partial charge in [0.05, 0.1) is 18.4 Å². The first-order chi connectivity index (χ1) is 10.7. The van der Waals surface area contributed by atoms with Crippen molar-refractivity contribution in [2.45, 2.75) is 13.0 Å². The molecule has 0 saturated heterocycles. The summed E-state index contributed by atoms with van der Waals surface area (Å²) >= 11 is 1.19. The number of hydrogen-bond donors (Lipinski definition) is 1. The number of ether oxygens (including phenoxy) is 1. The molecule has 22 heavy (non-hydrogen) atoms. The predicted molar refractivity (Wildman–Crippen MR) is 79.4 cm³/mol. The molecule has 1 amide bonds. The van der Waals surface area contributed by atoms with Crippen molar-refractivity contribution in [2.24, 2.45) is 0 Å². The topological polar surface area (TPSA) is 81.9 Å². The molecule has 3 rings (SSSR count). The van der Waals surface area contributed by atoms with Gasteiger partial charge < -0.3 is 10.1 Å². The Hall–Kier alpha value is -2.55. The number of carbonyl (C=O) groups excluding carboxylic acids is 1. The van der Waals surface area contributed by atoms with Gasteiger partial charge in [-0.2, -0.15) is 5.10 Å². The lowest BCUT2D eigenvalue weighted by Gasteiger charge is -2.01. The van der Waals surface area contributed by atoms with E-state index in [1.54, 1.807) is 11.0 Å².